The maximum absolute atomic E-state index is 10.7. The minimum Gasteiger partial charge on any atom is -0.477 e. The van der Waals surface area contributed by atoms with Crippen LogP contribution >= 0.6 is 0 Å². The van der Waals surface area contributed by atoms with Gasteiger partial charge in [-0.3, -0.25) is 0 Å². The van der Waals surface area contributed by atoms with E-state index in [0.29, 0.717) is 12.4 Å². The minimum absolute atomic E-state index is 0.0531. The first-order valence-corrected chi connectivity index (χ1v) is 5.31. The molecule has 1 atom stereocenters. The first kappa shape index (κ1) is 10.9. The number of hydrogen-bond acceptors (Lipinski definition) is 4. The number of aromatic nitrogens is 1. The van der Waals surface area contributed by atoms with Gasteiger partial charge < -0.3 is 15.2 Å². The zero-order valence-electron chi connectivity index (χ0n) is 8.85. The second-order valence-electron chi connectivity index (χ2n) is 3.73. The lowest BCUT2D eigenvalue weighted by Crippen LogP contribution is -2.19. The standard InChI is InChI=1S/C11H14N2O3/c14-11(15)9-4-1-5-10(13-9)12-7-8-3-2-6-16-8/h1,4-5,8H,2-3,6-7H2,(H,12,13)(H,14,15)/t8-/m1/s1. The van der Waals surface area contributed by atoms with Gasteiger partial charge in [-0.2, -0.15) is 0 Å². The highest BCUT2D eigenvalue weighted by Crippen LogP contribution is 2.13. The molecule has 2 rings (SSSR count). The number of nitrogens with zero attached hydrogens (tertiary/aromatic N) is 1. The molecule has 0 unspecified atom stereocenters. The van der Waals surface area contributed by atoms with Crippen molar-refractivity contribution in [3.63, 3.8) is 0 Å². The third-order valence-corrected chi connectivity index (χ3v) is 2.50. The number of nitrogens with one attached hydrogen (secondary N) is 1. The largest absolute Gasteiger partial charge is 0.477 e. The molecule has 1 saturated heterocycles. The molecule has 0 bridgehead atoms. The van der Waals surface area contributed by atoms with E-state index in [0.717, 1.165) is 19.4 Å². The van der Waals surface area contributed by atoms with Gasteiger partial charge in [0.05, 0.1) is 6.10 Å². The maximum atomic E-state index is 10.7. The Labute approximate surface area is 93.5 Å². The van der Waals surface area contributed by atoms with Crippen LogP contribution in [0.25, 0.3) is 0 Å². The molecule has 5 nitrogen and oxygen atoms in total. The Hall–Kier alpha value is -1.62. The summed E-state index contributed by atoms with van der Waals surface area (Å²) in [6, 6.07) is 4.90. The summed E-state index contributed by atoms with van der Waals surface area (Å²) >= 11 is 0. The molecular weight excluding hydrogens is 208 g/mol. The van der Waals surface area contributed by atoms with Gasteiger partial charge in [-0.25, -0.2) is 9.78 Å². The van der Waals surface area contributed by atoms with Crippen LogP contribution in [0, 0.1) is 0 Å². The smallest absolute Gasteiger partial charge is 0.354 e. The SMILES string of the molecule is O=C(O)c1cccc(NC[C@H]2CCCO2)n1. The summed E-state index contributed by atoms with van der Waals surface area (Å²) < 4.78 is 5.45. The zero-order chi connectivity index (χ0) is 11.4. The van der Waals surface area contributed by atoms with Crippen molar-refractivity contribution in [2.45, 2.75) is 18.9 Å². The van der Waals surface area contributed by atoms with Crippen molar-refractivity contribution in [1.29, 1.82) is 0 Å². The van der Waals surface area contributed by atoms with Gasteiger partial charge >= 0.3 is 5.97 Å². The van der Waals surface area contributed by atoms with E-state index in [1.165, 1.54) is 6.07 Å². The monoisotopic (exact) mass is 222 g/mol. The van der Waals surface area contributed by atoms with E-state index in [-0.39, 0.29) is 11.8 Å². The zero-order valence-corrected chi connectivity index (χ0v) is 8.85. The summed E-state index contributed by atoms with van der Waals surface area (Å²) in [6.07, 6.45) is 2.36. The molecule has 1 aliphatic heterocycles. The summed E-state index contributed by atoms with van der Waals surface area (Å²) in [6.45, 7) is 1.49. The van der Waals surface area contributed by atoms with Gasteiger partial charge in [0.2, 0.25) is 0 Å². The van der Waals surface area contributed by atoms with Crippen LogP contribution in [0.4, 0.5) is 5.82 Å². The molecule has 0 aliphatic carbocycles. The first-order chi connectivity index (χ1) is 7.75. The highest BCUT2D eigenvalue weighted by atomic mass is 16.5. The average molecular weight is 222 g/mol. The number of anilines is 1. The Morgan fingerprint density at radius 1 is 1.62 bits per heavy atom. The molecule has 1 aromatic heterocycles. The van der Waals surface area contributed by atoms with E-state index in [9.17, 15) is 4.79 Å². The second-order valence-corrected chi connectivity index (χ2v) is 3.73. The average Bonchev–Trinajstić information content (AvgIpc) is 2.79. The molecular formula is C11H14N2O3. The topological polar surface area (TPSA) is 71.5 Å². The number of carboxylic acid groups (broad SMARTS) is 1. The first-order valence-electron chi connectivity index (χ1n) is 5.31. The van der Waals surface area contributed by atoms with Crippen LogP contribution in [0.5, 0.6) is 0 Å². The Balaban J connectivity index is 1.93. The van der Waals surface area contributed by atoms with Crippen molar-refractivity contribution in [2.75, 3.05) is 18.5 Å². The predicted octanol–water partition coefficient (Wildman–Crippen LogP) is 1.37. The van der Waals surface area contributed by atoms with E-state index in [4.69, 9.17) is 9.84 Å². The van der Waals surface area contributed by atoms with E-state index < -0.39 is 5.97 Å². The fourth-order valence-corrected chi connectivity index (χ4v) is 1.68. The van der Waals surface area contributed by atoms with Gasteiger partial charge in [-0.1, -0.05) is 6.07 Å². The van der Waals surface area contributed by atoms with Crippen molar-refractivity contribution in [2.24, 2.45) is 0 Å². The highest BCUT2D eigenvalue weighted by molar-refractivity contribution is 5.85. The maximum Gasteiger partial charge on any atom is 0.354 e. The summed E-state index contributed by atoms with van der Waals surface area (Å²) in [4.78, 5) is 14.7. The fourth-order valence-electron chi connectivity index (χ4n) is 1.68. The van der Waals surface area contributed by atoms with Crippen molar-refractivity contribution < 1.29 is 14.6 Å². The fraction of sp³-hybridized carbons (Fsp3) is 0.455. The molecule has 0 amide bonds. The predicted molar refractivity (Wildman–Crippen MR) is 58.7 cm³/mol. The molecule has 1 aromatic rings. The van der Waals surface area contributed by atoms with Crippen LogP contribution in [0.15, 0.2) is 18.2 Å². The molecule has 0 saturated carbocycles. The van der Waals surface area contributed by atoms with Crippen LogP contribution in [0.1, 0.15) is 23.3 Å². The summed E-state index contributed by atoms with van der Waals surface area (Å²) in [5, 5.41) is 11.9. The number of hydrogen-bond donors (Lipinski definition) is 2. The molecule has 0 radical (unpaired) electrons. The summed E-state index contributed by atoms with van der Waals surface area (Å²) in [5.74, 6) is -0.434. The minimum atomic E-state index is -1.01. The lowest BCUT2D eigenvalue weighted by molar-refractivity contribution is 0.0690. The molecule has 5 heteroatoms. The molecule has 2 N–H and O–H groups in total. The van der Waals surface area contributed by atoms with Gasteiger partial charge in [0.1, 0.15) is 5.82 Å². The van der Waals surface area contributed by atoms with Crippen molar-refractivity contribution >= 4 is 11.8 Å². The lowest BCUT2D eigenvalue weighted by atomic mass is 10.2. The number of carbonyl (C=O) groups is 1. The number of rotatable bonds is 4. The molecule has 1 fully saturated rings. The Kier molecular flexibility index (Phi) is 3.36. The Morgan fingerprint density at radius 2 is 2.50 bits per heavy atom. The van der Waals surface area contributed by atoms with E-state index in [1.807, 2.05) is 0 Å². The molecule has 16 heavy (non-hydrogen) atoms. The van der Waals surface area contributed by atoms with E-state index in [1.54, 1.807) is 12.1 Å². The van der Waals surface area contributed by atoms with E-state index >= 15 is 0 Å². The normalized spacial score (nSPS) is 19.6. The molecule has 2 heterocycles. The third-order valence-electron chi connectivity index (χ3n) is 2.50. The molecule has 0 spiro atoms. The lowest BCUT2D eigenvalue weighted by Gasteiger charge is -2.11. The van der Waals surface area contributed by atoms with Crippen LogP contribution < -0.4 is 5.32 Å². The second kappa shape index (κ2) is 4.94. The van der Waals surface area contributed by atoms with Crippen LogP contribution in [-0.2, 0) is 4.74 Å². The third kappa shape index (κ3) is 2.70. The summed E-state index contributed by atoms with van der Waals surface area (Å²) in [5.41, 5.74) is 0.0531. The van der Waals surface area contributed by atoms with E-state index in [2.05, 4.69) is 10.3 Å². The molecule has 0 aromatic carbocycles. The van der Waals surface area contributed by atoms with Gasteiger partial charge in [0, 0.05) is 13.2 Å². The van der Waals surface area contributed by atoms with Crippen LogP contribution in [0.3, 0.4) is 0 Å². The number of pyridine rings is 1. The number of carboxylic acids is 1. The van der Waals surface area contributed by atoms with Crippen molar-refractivity contribution in [3.05, 3.63) is 23.9 Å². The summed E-state index contributed by atoms with van der Waals surface area (Å²) in [7, 11) is 0. The van der Waals surface area contributed by atoms with Gasteiger partial charge in [-0.05, 0) is 25.0 Å². The number of ether oxygens (including phenoxy) is 1. The van der Waals surface area contributed by atoms with Gasteiger partial charge in [0.25, 0.3) is 0 Å². The van der Waals surface area contributed by atoms with Crippen LogP contribution in [-0.4, -0.2) is 35.3 Å². The Bertz CT molecular complexity index is 375. The molecule has 1 aliphatic rings. The quantitative estimate of drug-likeness (QED) is 0.805. The Morgan fingerprint density at radius 3 is 3.19 bits per heavy atom. The van der Waals surface area contributed by atoms with Crippen molar-refractivity contribution in [1.82, 2.24) is 4.98 Å². The van der Waals surface area contributed by atoms with Gasteiger partial charge in [0.15, 0.2) is 5.69 Å². The van der Waals surface area contributed by atoms with Crippen molar-refractivity contribution in [3.8, 4) is 0 Å². The van der Waals surface area contributed by atoms with Gasteiger partial charge in [-0.15, -0.1) is 0 Å². The number of aromatic carboxylic acids is 1. The molecule has 86 valence electrons. The van der Waals surface area contributed by atoms with Crippen LogP contribution in [0.2, 0.25) is 0 Å². The highest BCUT2D eigenvalue weighted by Gasteiger charge is 2.15.